The molecular weight excluding hydrogens is 288 g/mol. The first-order valence-electron chi connectivity index (χ1n) is 8.90. The Kier molecular flexibility index (Phi) is 5.68. The fraction of sp³-hybridized carbons (Fsp3) is 0.632. The molecule has 1 aliphatic carbocycles. The van der Waals surface area contributed by atoms with Crippen molar-refractivity contribution < 1.29 is 9.53 Å². The predicted molar refractivity (Wildman–Crippen MR) is 91.5 cm³/mol. The van der Waals surface area contributed by atoms with Crippen LogP contribution in [0.5, 0.6) is 0 Å². The molecular formula is C19H28N2O2. The van der Waals surface area contributed by atoms with Crippen molar-refractivity contribution in [2.24, 2.45) is 0 Å². The Labute approximate surface area is 139 Å². The first-order valence-corrected chi connectivity index (χ1v) is 8.90. The van der Waals surface area contributed by atoms with Crippen molar-refractivity contribution >= 4 is 5.91 Å². The summed E-state index contributed by atoms with van der Waals surface area (Å²) in [5.41, 5.74) is 2.08. The first kappa shape index (κ1) is 16.5. The smallest absolute Gasteiger partial charge is 0.253 e. The summed E-state index contributed by atoms with van der Waals surface area (Å²) in [5.74, 6) is 0.162. The minimum absolute atomic E-state index is 0.162. The first-order chi connectivity index (χ1) is 11.2. The summed E-state index contributed by atoms with van der Waals surface area (Å²) in [6.45, 7) is 4.57. The van der Waals surface area contributed by atoms with Crippen LogP contribution in [-0.2, 0) is 11.3 Å². The highest BCUT2D eigenvalue weighted by atomic mass is 16.5. The van der Waals surface area contributed by atoms with E-state index in [0.717, 1.165) is 51.3 Å². The van der Waals surface area contributed by atoms with E-state index in [0.29, 0.717) is 6.04 Å². The second kappa shape index (κ2) is 7.93. The van der Waals surface area contributed by atoms with Gasteiger partial charge in [0.1, 0.15) is 0 Å². The molecule has 2 aliphatic rings. The Hall–Kier alpha value is -1.39. The summed E-state index contributed by atoms with van der Waals surface area (Å²) in [6.07, 6.45) is 6.12. The fourth-order valence-electron chi connectivity index (χ4n) is 3.61. The normalized spacial score (nSPS) is 20.4. The van der Waals surface area contributed by atoms with E-state index in [2.05, 4.69) is 17.0 Å². The number of hydrogen-bond donors (Lipinski definition) is 0. The summed E-state index contributed by atoms with van der Waals surface area (Å²) in [4.78, 5) is 17.0. The van der Waals surface area contributed by atoms with Gasteiger partial charge in [-0.05, 0) is 30.5 Å². The maximum atomic E-state index is 12.6. The Morgan fingerprint density at radius 3 is 2.43 bits per heavy atom. The third-order valence-corrected chi connectivity index (χ3v) is 5.15. The van der Waals surface area contributed by atoms with Gasteiger partial charge in [-0.3, -0.25) is 9.69 Å². The summed E-state index contributed by atoms with van der Waals surface area (Å²) in [5, 5.41) is 0. The highest BCUT2D eigenvalue weighted by molar-refractivity contribution is 5.94. The van der Waals surface area contributed by atoms with Gasteiger partial charge in [-0.1, -0.05) is 31.4 Å². The Balaban J connectivity index is 1.58. The second-order valence-electron chi connectivity index (χ2n) is 6.79. The lowest BCUT2D eigenvalue weighted by atomic mass is 9.94. The van der Waals surface area contributed by atoms with Crippen molar-refractivity contribution in [3.05, 3.63) is 35.4 Å². The van der Waals surface area contributed by atoms with E-state index >= 15 is 0 Å². The number of ether oxygens (including phenoxy) is 1. The van der Waals surface area contributed by atoms with E-state index < -0.39 is 0 Å². The van der Waals surface area contributed by atoms with Crippen molar-refractivity contribution in [2.75, 3.05) is 33.4 Å². The van der Waals surface area contributed by atoms with Crippen molar-refractivity contribution in [3.8, 4) is 0 Å². The third kappa shape index (κ3) is 4.33. The maximum Gasteiger partial charge on any atom is 0.253 e. The van der Waals surface area contributed by atoms with Gasteiger partial charge in [-0.15, -0.1) is 0 Å². The third-order valence-electron chi connectivity index (χ3n) is 5.15. The van der Waals surface area contributed by atoms with Crippen LogP contribution in [0.4, 0.5) is 0 Å². The van der Waals surface area contributed by atoms with E-state index in [1.165, 1.54) is 24.8 Å². The summed E-state index contributed by atoms with van der Waals surface area (Å²) in [6, 6.07) is 8.58. The number of morpholine rings is 1. The van der Waals surface area contributed by atoms with Crippen molar-refractivity contribution in [3.63, 3.8) is 0 Å². The molecule has 1 heterocycles. The molecule has 1 amide bonds. The summed E-state index contributed by atoms with van der Waals surface area (Å²) in [7, 11) is 1.96. The van der Waals surface area contributed by atoms with Gasteiger partial charge in [0.25, 0.3) is 5.91 Å². The summed E-state index contributed by atoms with van der Waals surface area (Å²) < 4.78 is 5.38. The van der Waals surface area contributed by atoms with Crippen molar-refractivity contribution in [2.45, 2.75) is 44.7 Å². The van der Waals surface area contributed by atoms with Gasteiger partial charge in [0, 0.05) is 38.3 Å². The van der Waals surface area contributed by atoms with Crippen molar-refractivity contribution in [1.82, 2.24) is 9.80 Å². The van der Waals surface area contributed by atoms with Gasteiger partial charge in [0.2, 0.25) is 0 Å². The molecule has 4 heteroatoms. The van der Waals surface area contributed by atoms with Crippen LogP contribution in [0, 0.1) is 0 Å². The van der Waals surface area contributed by atoms with Gasteiger partial charge in [0.15, 0.2) is 0 Å². The number of nitrogens with zero attached hydrogens (tertiary/aromatic N) is 2. The number of rotatable bonds is 4. The standard InChI is InChI=1S/C19H28N2O2/c1-20(18-5-3-2-4-6-18)19(22)17-9-7-16(8-10-17)15-21-11-13-23-14-12-21/h7-10,18H,2-6,11-15H2,1H3. The van der Waals surface area contributed by atoms with Crippen LogP contribution in [0.25, 0.3) is 0 Å². The SMILES string of the molecule is CN(C(=O)c1ccc(CN2CCOCC2)cc1)C1CCCCC1. The quantitative estimate of drug-likeness (QED) is 0.856. The van der Waals surface area contributed by atoms with Crippen LogP contribution in [0.1, 0.15) is 48.0 Å². The van der Waals surface area contributed by atoms with Gasteiger partial charge in [-0.25, -0.2) is 0 Å². The monoisotopic (exact) mass is 316 g/mol. The average molecular weight is 316 g/mol. The van der Waals surface area contributed by atoms with Gasteiger partial charge < -0.3 is 9.64 Å². The van der Waals surface area contributed by atoms with Gasteiger partial charge in [-0.2, -0.15) is 0 Å². The zero-order valence-corrected chi connectivity index (χ0v) is 14.2. The predicted octanol–water partition coefficient (Wildman–Crippen LogP) is 2.92. The molecule has 2 fully saturated rings. The van der Waals surface area contributed by atoms with E-state index in [4.69, 9.17) is 4.74 Å². The number of hydrogen-bond acceptors (Lipinski definition) is 3. The molecule has 1 saturated heterocycles. The molecule has 0 unspecified atom stereocenters. The van der Waals surface area contributed by atoms with Crippen LogP contribution in [0.15, 0.2) is 24.3 Å². The molecule has 3 rings (SSSR count). The molecule has 126 valence electrons. The molecule has 1 saturated carbocycles. The van der Waals surface area contributed by atoms with E-state index in [9.17, 15) is 4.79 Å². The van der Waals surface area contributed by atoms with E-state index in [1.54, 1.807) is 0 Å². The Bertz CT molecular complexity index is 503. The van der Waals surface area contributed by atoms with Crippen LogP contribution >= 0.6 is 0 Å². The average Bonchev–Trinajstić information content (AvgIpc) is 2.63. The summed E-state index contributed by atoms with van der Waals surface area (Å²) >= 11 is 0. The van der Waals surface area contributed by atoms with Crippen LogP contribution in [-0.4, -0.2) is 55.1 Å². The van der Waals surface area contributed by atoms with E-state index in [-0.39, 0.29) is 5.91 Å². The van der Waals surface area contributed by atoms with Crippen LogP contribution in [0.3, 0.4) is 0 Å². The minimum atomic E-state index is 0.162. The molecule has 0 spiro atoms. The molecule has 1 aliphatic heterocycles. The highest BCUT2D eigenvalue weighted by Gasteiger charge is 2.22. The largest absolute Gasteiger partial charge is 0.379 e. The number of carbonyl (C=O) groups excluding carboxylic acids is 1. The number of benzene rings is 1. The molecule has 1 aromatic carbocycles. The van der Waals surface area contributed by atoms with E-state index in [1.807, 2.05) is 24.1 Å². The zero-order valence-electron chi connectivity index (χ0n) is 14.2. The Morgan fingerprint density at radius 1 is 1.13 bits per heavy atom. The molecule has 0 radical (unpaired) electrons. The zero-order chi connectivity index (χ0) is 16.1. The second-order valence-corrected chi connectivity index (χ2v) is 6.79. The molecule has 1 aromatic rings. The molecule has 0 N–H and O–H groups in total. The molecule has 0 bridgehead atoms. The molecule has 23 heavy (non-hydrogen) atoms. The molecule has 0 atom stereocenters. The topological polar surface area (TPSA) is 32.8 Å². The van der Waals surface area contributed by atoms with Crippen LogP contribution < -0.4 is 0 Å². The maximum absolute atomic E-state index is 12.6. The van der Waals surface area contributed by atoms with Crippen molar-refractivity contribution in [1.29, 1.82) is 0 Å². The lowest BCUT2D eigenvalue weighted by Gasteiger charge is -2.31. The lowest BCUT2D eigenvalue weighted by Crippen LogP contribution is -2.38. The fourth-order valence-corrected chi connectivity index (χ4v) is 3.61. The highest BCUT2D eigenvalue weighted by Crippen LogP contribution is 2.23. The minimum Gasteiger partial charge on any atom is -0.379 e. The number of amides is 1. The van der Waals surface area contributed by atoms with Gasteiger partial charge in [0.05, 0.1) is 13.2 Å². The molecule has 4 nitrogen and oxygen atoms in total. The molecule has 0 aromatic heterocycles. The lowest BCUT2D eigenvalue weighted by molar-refractivity contribution is 0.0342. The van der Waals surface area contributed by atoms with Crippen LogP contribution in [0.2, 0.25) is 0 Å². The Morgan fingerprint density at radius 2 is 1.78 bits per heavy atom. The number of carbonyl (C=O) groups is 1. The van der Waals surface area contributed by atoms with Gasteiger partial charge >= 0.3 is 0 Å².